The molecule has 7 heteroatoms. The number of rotatable bonds is 19. The van der Waals surface area contributed by atoms with E-state index in [9.17, 15) is 9.90 Å². The molecule has 2 saturated heterocycles. The molecule has 1 aliphatic carbocycles. The summed E-state index contributed by atoms with van der Waals surface area (Å²) in [4.78, 5) is 10.7. The van der Waals surface area contributed by atoms with Gasteiger partial charge in [-0.15, -0.1) is 0 Å². The van der Waals surface area contributed by atoms with E-state index < -0.39 is 11.8 Å². The summed E-state index contributed by atoms with van der Waals surface area (Å²) in [7, 11) is 0. The minimum Gasteiger partial charge on any atom is -0.481 e. The fourth-order valence-corrected chi connectivity index (χ4v) is 6.48. The molecule has 7 nitrogen and oxygen atoms in total. The van der Waals surface area contributed by atoms with Crippen LogP contribution < -0.4 is 0 Å². The third kappa shape index (κ3) is 10.9. The van der Waals surface area contributed by atoms with Gasteiger partial charge in [0.15, 0.2) is 5.79 Å². The molecule has 3 rings (SSSR count). The molecular formula is C31H54O7. The number of carbonyl (C=O) groups is 1. The van der Waals surface area contributed by atoms with E-state index in [1.54, 1.807) is 0 Å². The number of allylic oxidation sites excluding steroid dienone is 2. The molecule has 2 aliphatic heterocycles. The zero-order chi connectivity index (χ0) is 27.1. The largest absolute Gasteiger partial charge is 0.481 e. The number of aliphatic carboxylic acids is 1. The van der Waals surface area contributed by atoms with Gasteiger partial charge in [0.1, 0.15) is 0 Å². The average Bonchev–Trinajstić information content (AvgIpc) is 3.49. The number of aliphatic hydroxyl groups is 1. The number of hydrogen-bond acceptors (Lipinski definition) is 6. The standard InChI is InChI=1S/C31H54O7/c1-2-3-4-9-12-18-31(36-21-22-37-31)19-17-27-26(15-10-7-5-6-8-11-16-30(33)34)28(32)23-29(27)38-25-14-13-20-35-24-25/h7,10,25-29,32H,2-6,8-9,11-24H2,1H3,(H,33,34)/b10-7-/t25?,26-,27-,28+,29-/m1/s1. The molecule has 0 aromatic heterocycles. The number of carboxylic acids is 1. The molecule has 5 atom stereocenters. The smallest absolute Gasteiger partial charge is 0.303 e. The Bertz CT molecular complexity index is 669. The molecule has 0 amide bonds. The molecule has 2 heterocycles. The Morgan fingerprint density at radius 3 is 2.50 bits per heavy atom. The van der Waals surface area contributed by atoms with Crippen LogP contribution in [-0.2, 0) is 23.7 Å². The van der Waals surface area contributed by atoms with Crippen molar-refractivity contribution in [2.24, 2.45) is 11.8 Å². The second-order valence-corrected chi connectivity index (χ2v) is 11.7. The summed E-state index contributed by atoms with van der Waals surface area (Å²) < 4.78 is 24.7. The molecule has 0 bridgehead atoms. The van der Waals surface area contributed by atoms with Crippen molar-refractivity contribution in [2.75, 3.05) is 26.4 Å². The Morgan fingerprint density at radius 2 is 1.76 bits per heavy atom. The van der Waals surface area contributed by atoms with Crippen LogP contribution in [0.25, 0.3) is 0 Å². The lowest BCUT2D eigenvalue weighted by Crippen LogP contribution is -2.35. The van der Waals surface area contributed by atoms with Crippen molar-refractivity contribution in [2.45, 2.75) is 140 Å². The van der Waals surface area contributed by atoms with Crippen molar-refractivity contribution in [3.05, 3.63) is 12.2 Å². The minimum atomic E-state index is -0.718. The Morgan fingerprint density at radius 1 is 0.974 bits per heavy atom. The van der Waals surface area contributed by atoms with Gasteiger partial charge in [-0.25, -0.2) is 0 Å². The molecule has 0 radical (unpaired) electrons. The van der Waals surface area contributed by atoms with E-state index in [4.69, 9.17) is 24.1 Å². The first kappa shape index (κ1) is 31.5. The summed E-state index contributed by atoms with van der Waals surface area (Å²) in [6, 6.07) is 0. The summed E-state index contributed by atoms with van der Waals surface area (Å²) in [6.45, 7) is 5.04. The van der Waals surface area contributed by atoms with Crippen LogP contribution in [0.1, 0.15) is 116 Å². The van der Waals surface area contributed by atoms with E-state index in [0.717, 1.165) is 77.2 Å². The van der Waals surface area contributed by atoms with Gasteiger partial charge in [-0.2, -0.15) is 0 Å². The van der Waals surface area contributed by atoms with Crippen LogP contribution in [-0.4, -0.2) is 66.7 Å². The number of unbranched alkanes of at least 4 members (excludes halogenated alkanes) is 7. The fraction of sp³-hybridized carbons (Fsp3) is 0.903. The lowest BCUT2D eigenvalue weighted by Gasteiger charge is -2.33. The maximum Gasteiger partial charge on any atom is 0.303 e. The van der Waals surface area contributed by atoms with Crippen LogP contribution in [0.2, 0.25) is 0 Å². The van der Waals surface area contributed by atoms with Crippen LogP contribution in [0.4, 0.5) is 0 Å². The average molecular weight is 539 g/mol. The molecule has 220 valence electrons. The summed E-state index contributed by atoms with van der Waals surface area (Å²) in [5, 5.41) is 19.9. The first-order chi connectivity index (χ1) is 18.5. The van der Waals surface area contributed by atoms with E-state index in [-0.39, 0.29) is 36.6 Å². The van der Waals surface area contributed by atoms with Crippen molar-refractivity contribution in [3.63, 3.8) is 0 Å². The number of hydrogen-bond donors (Lipinski definition) is 2. The van der Waals surface area contributed by atoms with E-state index in [2.05, 4.69) is 19.1 Å². The highest BCUT2D eigenvalue weighted by Crippen LogP contribution is 2.43. The van der Waals surface area contributed by atoms with E-state index >= 15 is 0 Å². The fourth-order valence-electron chi connectivity index (χ4n) is 6.48. The van der Waals surface area contributed by atoms with Crippen molar-refractivity contribution >= 4 is 5.97 Å². The van der Waals surface area contributed by atoms with Gasteiger partial charge in [0.05, 0.1) is 38.1 Å². The maximum absolute atomic E-state index is 11.1. The second kappa shape index (κ2) is 17.6. The van der Waals surface area contributed by atoms with E-state index in [1.807, 2.05) is 0 Å². The molecule has 0 spiro atoms. The lowest BCUT2D eigenvalue weighted by molar-refractivity contribution is -0.173. The summed E-state index contributed by atoms with van der Waals surface area (Å²) in [5.74, 6) is -0.771. The minimum absolute atomic E-state index is 0.0362. The zero-order valence-electron chi connectivity index (χ0n) is 23.8. The molecule has 1 saturated carbocycles. The summed E-state index contributed by atoms with van der Waals surface area (Å²) in [5.41, 5.74) is 0. The molecule has 38 heavy (non-hydrogen) atoms. The van der Waals surface area contributed by atoms with Crippen LogP contribution in [0.15, 0.2) is 12.2 Å². The van der Waals surface area contributed by atoms with Gasteiger partial charge in [-0.1, -0.05) is 51.2 Å². The van der Waals surface area contributed by atoms with Crippen molar-refractivity contribution in [1.82, 2.24) is 0 Å². The van der Waals surface area contributed by atoms with Gasteiger partial charge in [-0.05, 0) is 63.2 Å². The maximum atomic E-state index is 11.1. The normalized spacial score (nSPS) is 29.4. The van der Waals surface area contributed by atoms with Gasteiger partial charge in [0.25, 0.3) is 0 Å². The first-order valence-electron chi connectivity index (χ1n) is 15.6. The van der Waals surface area contributed by atoms with Gasteiger partial charge in [0, 0.05) is 32.3 Å². The summed E-state index contributed by atoms with van der Waals surface area (Å²) >= 11 is 0. The molecule has 1 unspecified atom stereocenters. The predicted octanol–water partition coefficient (Wildman–Crippen LogP) is 6.41. The van der Waals surface area contributed by atoms with Gasteiger partial charge in [0.2, 0.25) is 0 Å². The first-order valence-corrected chi connectivity index (χ1v) is 15.6. The highest BCUT2D eigenvalue weighted by Gasteiger charge is 2.45. The Hall–Kier alpha value is -0.990. The molecule has 0 aromatic carbocycles. The van der Waals surface area contributed by atoms with Crippen LogP contribution in [0, 0.1) is 11.8 Å². The topological polar surface area (TPSA) is 94.5 Å². The third-order valence-electron chi connectivity index (χ3n) is 8.65. The quantitative estimate of drug-likeness (QED) is 0.145. The van der Waals surface area contributed by atoms with E-state index in [1.165, 1.54) is 25.7 Å². The molecule has 0 aromatic rings. The lowest BCUT2D eigenvalue weighted by atomic mass is 9.84. The SMILES string of the molecule is CCCCCCCC1(CC[C@@H]2[C@@H](C/C=C\CCCCCC(=O)O)[C@@H](O)C[C@H]2OC2CCCOC2)OCCO1. The van der Waals surface area contributed by atoms with Crippen molar-refractivity contribution < 1.29 is 34.0 Å². The molecule has 3 fully saturated rings. The van der Waals surface area contributed by atoms with Gasteiger partial charge >= 0.3 is 5.97 Å². The number of aliphatic hydroxyl groups excluding tert-OH is 1. The third-order valence-corrected chi connectivity index (χ3v) is 8.65. The highest BCUT2D eigenvalue weighted by atomic mass is 16.7. The predicted molar refractivity (Wildman–Crippen MR) is 148 cm³/mol. The highest BCUT2D eigenvalue weighted by molar-refractivity contribution is 5.66. The summed E-state index contributed by atoms with van der Waals surface area (Å²) in [6.07, 6.45) is 20.6. The number of ether oxygens (including phenoxy) is 4. The van der Waals surface area contributed by atoms with Crippen molar-refractivity contribution in [1.29, 1.82) is 0 Å². The van der Waals surface area contributed by atoms with Crippen LogP contribution >= 0.6 is 0 Å². The Kier molecular flexibility index (Phi) is 14.6. The molecule has 2 N–H and O–H groups in total. The van der Waals surface area contributed by atoms with Crippen LogP contribution in [0.3, 0.4) is 0 Å². The van der Waals surface area contributed by atoms with Gasteiger partial charge < -0.3 is 29.2 Å². The van der Waals surface area contributed by atoms with Crippen LogP contribution in [0.5, 0.6) is 0 Å². The molecule has 3 aliphatic rings. The van der Waals surface area contributed by atoms with E-state index in [0.29, 0.717) is 26.2 Å². The van der Waals surface area contributed by atoms with Crippen molar-refractivity contribution in [3.8, 4) is 0 Å². The number of carboxylic acid groups (broad SMARTS) is 1. The zero-order valence-corrected chi connectivity index (χ0v) is 23.8. The Balaban J connectivity index is 1.55. The second-order valence-electron chi connectivity index (χ2n) is 11.7. The van der Waals surface area contributed by atoms with Gasteiger partial charge in [-0.3, -0.25) is 4.79 Å². The molecular weight excluding hydrogens is 484 g/mol. The Labute approximate surface area is 230 Å². The monoisotopic (exact) mass is 538 g/mol.